The average Bonchev–Trinajstić information content (AvgIpc) is 3.09. The molecule has 0 saturated carbocycles. The smallest absolute Gasteiger partial charge is 0.358 e. The van der Waals surface area contributed by atoms with Crippen molar-refractivity contribution in [3.05, 3.63) is 64.6 Å². The van der Waals surface area contributed by atoms with Gasteiger partial charge in [-0.3, -0.25) is 4.79 Å². The highest BCUT2D eigenvalue weighted by atomic mass is 32.2. The summed E-state index contributed by atoms with van der Waals surface area (Å²) < 4.78 is 28.4. The maximum atomic E-state index is 12.5. The number of benzene rings is 1. The molecule has 3 rings (SSSR count). The summed E-state index contributed by atoms with van der Waals surface area (Å²) in [6, 6.07) is 8.48. The number of aromatic nitrogens is 4. The van der Waals surface area contributed by atoms with E-state index in [9.17, 15) is 23.3 Å². The summed E-state index contributed by atoms with van der Waals surface area (Å²) in [5.74, 6) is -1.22. The molecule has 0 spiro atoms. The Hall–Kier alpha value is -3.87. The summed E-state index contributed by atoms with van der Waals surface area (Å²) in [6.45, 7) is 3.47. The Balaban J connectivity index is 1.63. The van der Waals surface area contributed by atoms with Crippen LogP contribution in [0.25, 0.3) is 0 Å². The van der Waals surface area contributed by atoms with Crippen molar-refractivity contribution in [1.82, 2.24) is 19.7 Å². The van der Waals surface area contributed by atoms with Crippen molar-refractivity contribution in [2.24, 2.45) is 5.92 Å². The van der Waals surface area contributed by atoms with Crippen molar-refractivity contribution < 1.29 is 18.1 Å². The largest absolute Gasteiger partial charge is 0.390 e. The Morgan fingerprint density at radius 3 is 2.45 bits per heavy atom. The second-order valence-electron chi connectivity index (χ2n) is 6.68. The molecule has 12 nitrogen and oxygen atoms in total. The normalized spacial score (nSPS) is 12.2. The van der Waals surface area contributed by atoms with Gasteiger partial charge in [-0.1, -0.05) is 6.92 Å². The fourth-order valence-electron chi connectivity index (χ4n) is 2.62. The molecular weight excluding hydrogens is 426 g/mol. The van der Waals surface area contributed by atoms with Crippen molar-refractivity contribution in [3.63, 3.8) is 0 Å². The summed E-state index contributed by atoms with van der Waals surface area (Å²) in [6.07, 6.45) is 2.82. The van der Waals surface area contributed by atoms with Gasteiger partial charge in [0.1, 0.15) is 0 Å². The van der Waals surface area contributed by atoms with Gasteiger partial charge in [0.2, 0.25) is 11.9 Å². The van der Waals surface area contributed by atoms with E-state index in [0.717, 1.165) is 0 Å². The fraction of sp³-hybridized carbons (Fsp3) is 0.222. The van der Waals surface area contributed by atoms with E-state index < -0.39 is 20.9 Å². The number of anilines is 2. The molecule has 0 bridgehead atoms. The van der Waals surface area contributed by atoms with E-state index in [-0.39, 0.29) is 29.1 Å². The van der Waals surface area contributed by atoms with E-state index in [2.05, 4.69) is 25.1 Å². The number of nitrogens with zero attached hydrogens (tertiary/aromatic N) is 5. The third-order valence-electron chi connectivity index (χ3n) is 4.27. The van der Waals surface area contributed by atoms with Crippen molar-refractivity contribution in [1.29, 1.82) is 0 Å². The molecular formula is C18H19N7O5S. The van der Waals surface area contributed by atoms with E-state index in [4.69, 9.17) is 0 Å². The molecule has 0 aliphatic heterocycles. The summed E-state index contributed by atoms with van der Waals surface area (Å²) >= 11 is 0. The van der Waals surface area contributed by atoms with Crippen molar-refractivity contribution >= 4 is 33.4 Å². The Morgan fingerprint density at radius 2 is 1.87 bits per heavy atom. The van der Waals surface area contributed by atoms with Gasteiger partial charge >= 0.3 is 5.82 Å². The van der Waals surface area contributed by atoms with Gasteiger partial charge in [0.05, 0.1) is 34.2 Å². The third kappa shape index (κ3) is 5.39. The van der Waals surface area contributed by atoms with Crippen LogP contribution < -0.4 is 10.0 Å². The molecule has 0 aliphatic rings. The van der Waals surface area contributed by atoms with Crippen LogP contribution >= 0.6 is 0 Å². The maximum absolute atomic E-state index is 12.5. The lowest BCUT2D eigenvalue weighted by molar-refractivity contribution is -0.389. The Morgan fingerprint density at radius 1 is 1.23 bits per heavy atom. The van der Waals surface area contributed by atoms with Crippen LogP contribution in [0.3, 0.4) is 0 Å². The molecule has 2 aromatic heterocycles. The first-order chi connectivity index (χ1) is 14.7. The van der Waals surface area contributed by atoms with E-state index in [1.807, 2.05) is 0 Å². The van der Waals surface area contributed by atoms with Crippen LogP contribution in [0.15, 0.2) is 53.7 Å². The van der Waals surface area contributed by atoms with Crippen molar-refractivity contribution in [2.45, 2.75) is 25.3 Å². The molecule has 2 heterocycles. The number of rotatable bonds is 8. The Kier molecular flexibility index (Phi) is 6.25. The molecule has 162 valence electrons. The molecule has 3 aromatic rings. The van der Waals surface area contributed by atoms with Gasteiger partial charge in [0.25, 0.3) is 10.0 Å². The molecule has 1 atom stereocenters. The number of aryl methyl sites for hydroxylation is 1. The zero-order chi connectivity index (χ0) is 22.6. The molecule has 0 saturated heterocycles. The lowest BCUT2D eigenvalue weighted by Crippen LogP contribution is -2.25. The summed E-state index contributed by atoms with van der Waals surface area (Å²) in [4.78, 5) is 30.3. The van der Waals surface area contributed by atoms with E-state index in [1.165, 1.54) is 47.4 Å². The van der Waals surface area contributed by atoms with Gasteiger partial charge in [-0.15, -0.1) is 0 Å². The van der Waals surface area contributed by atoms with Crippen molar-refractivity contribution in [2.75, 3.05) is 10.0 Å². The minimum absolute atomic E-state index is 0.0227. The maximum Gasteiger partial charge on any atom is 0.390 e. The van der Waals surface area contributed by atoms with Gasteiger partial charge in [-0.25, -0.2) is 23.1 Å². The fourth-order valence-corrected chi connectivity index (χ4v) is 3.58. The van der Waals surface area contributed by atoms with Crippen LogP contribution in [0.2, 0.25) is 0 Å². The van der Waals surface area contributed by atoms with Crippen LogP contribution in [0.5, 0.6) is 0 Å². The monoisotopic (exact) mass is 445 g/mol. The predicted molar refractivity (Wildman–Crippen MR) is 111 cm³/mol. The lowest BCUT2D eigenvalue weighted by atomic mass is 10.1. The second kappa shape index (κ2) is 8.87. The third-order valence-corrected chi connectivity index (χ3v) is 5.62. The summed E-state index contributed by atoms with van der Waals surface area (Å²) in [5, 5.41) is 17.4. The zero-order valence-corrected chi connectivity index (χ0v) is 17.4. The highest BCUT2D eigenvalue weighted by Gasteiger charge is 2.21. The first kappa shape index (κ1) is 21.8. The summed E-state index contributed by atoms with van der Waals surface area (Å²) in [5.41, 5.74) is 0.964. The Bertz CT molecular complexity index is 1190. The van der Waals surface area contributed by atoms with Crippen LogP contribution in [-0.2, 0) is 21.4 Å². The quantitative estimate of drug-likeness (QED) is 0.393. The molecule has 0 aliphatic carbocycles. The number of hydrogen-bond donors (Lipinski definition) is 2. The minimum atomic E-state index is -3.88. The highest BCUT2D eigenvalue weighted by Crippen LogP contribution is 2.18. The molecule has 31 heavy (non-hydrogen) atoms. The number of amides is 1. The lowest BCUT2D eigenvalue weighted by Gasteiger charge is -2.12. The topological polar surface area (TPSA) is 162 Å². The molecule has 0 radical (unpaired) electrons. The standard InChI is InChI=1S/C18H19N7O5S/c1-12(11-24-13(2)10-16(22-24)25(27)28)17(26)21-14-4-6-15(7-5-14)31(29,30)23-18-19-8-3-9-20-18/h3-10,12H,11H2,1-2H3,(H,21,26)(H,19,20,23). The number of sulfonamides is 1. The number of nitro groups is 1. The highest BCUT2D eigenvalue weighted by molar-refractivity contribution is 7.92. The predicted octanol–water partition coefficient (Wildman–Crippen LogP) is 1.97. The van der Waals surface area contributed by atoms with Gasteiger partial charge in [0.15, 0.2) is 0 Å². The van der Waals surface area contributed by atoms with Crippen molar-refractivity contribution in [3.8, 4) is 0 Å². The Labute approximate surface area is 177 Å². The summed E-state index contributed by atoms with van der Waals surface area (Å²) in [7, 11) is -3.88. The number of carbonyl (C=O) groups is 1. The molecule has 1 aromatic carbocycles. The minimum Gasteiger partial charge on any atom is -0.358 e. The molecule has 1 unspecified atom stereocenters. The van der Waals surface area contributed by atoms with Gasteiger partial charge < -0.3 is 15.4 Å². The number of hydrogen-bond acceptors (Lipinski definition) is 8. The number of nitrogens with one attached hydrogen (secondary N) is 2. The van der Waals surface area contributed by atoms with Gasteiger partial charge in [0, 0.05) is 18.1 Å². The number of carbonyl (C=O) groups excluding carboxylic acids is 1. The van der Waals surface area contributed by atoms with Gasteiger partial charge in [-0.2, -0.15) is 4.68 Å². The second-order valence-corrected chi connectivity index (χ2v) is 8.36. The van der Waals surface area contributed by atoms with Crippen LogP contribution in [0.1, 0.15) is 12.6 Å². The zero-order valence-electron chi connectivity index (χ0n) is 16.6. The molecule has 13 heteroatoms. The van der Waals surface area contributed by atoms with Crippen LogP contribution in [-0.4, -0.2) is 39.0 Å². The van der Waals surface area contributed by atoms with E-state index >= 15 is 0 Å². The van der Waals surface area contributed by atoms with E-state index in [0.29, 0.717) is 11.4 Å². The molecule has 2 N–H and O–H groups in total. The molecule has 0 fully saturated rings. The first-order valence-electron chi connectivity index (χ1n) is 9.05. The van der Waals surface area contributed by atoms with E-state index in [1.54, 1.807) is 19.9 Å². The average molecular weight is 445 g/mol. The van der Waals surface area contributed by atoms with Crippen LogP contribution in [0.4, 0.5) is 17.5 Å². The SMILES string of the molecule is Cc1cc([N+](=O)[O-])nn1CC(C)C(=O)Nc1ccc(S(=O)(=O)Nc2ncccn2)cc1. The molecule has 1 amide bonds. The first-order valence-corrected chi connectivity index (χ1v) is 10.5. The van der Waals surface area contributed by atoms with Gasteiger partial charge in [-0.05, 0) is 42.2 Å². The van der Waals surface area contributed by atoms with Crippen LogP contribution in [0, 0.1) is 23.0 Å².